The summed E-state index contributed by atoms with van der Waals surface area (Å²) < 4.78 is 6.60. The Labute approximate surface area is 135 Å². The fraction of sp³-hybridized carbons (Fsp3) is 0.133. The second-order valence-electron chi connectivity index (χ2n) is 4.77. The van der Waals surface area contributed by atoms with Crippen LogP contribution in [0.4, 0.5) is 0 Å². The summed E-state index contributed by atoms with van der Waals surface area (Å²) in [6.45, 7) is 2.31. The molecule has 0 saturated carbocycles. The van der Waals surface area contributed by atoms with E-state index in [0.717, 1.165) is 4.52 Å². The molecule has 0 aliphatic carbocycles. The van der Waals surface area contributed by atoms with Crippen molar-refractivity contribution >= 4 is 23.2 Å². The number of hydrogen-bond donors (Lipinski definition) is 2. The van der Waals surface area contributed by atoms with Gasteiger partial charge in [0.25, 0.3) is 11.5 Å². The number of aromatic nitrogens is 3. The molecule has 3 rings (SSSR count). The van der Waals surface area contributed by atoms with Crippen LogP contribution in [0.1, 0.15) is 17.3 Å². The first-order chi connectivity index (χ1) is 11.0. The number of benzene rings is 1. The highest BCUT2D eigenvalue weighted by Gasteiger charge is 2.14. The van der Waals surface area contributed by atoms with Crippen LogP contribution in [0.5, 0.6) is 5.75 Å². The Morgan fingerprint density at radius 1 is 1.43 bits per heavy atom. The normalized spacial score (nSPS) is 10.9. The molecule has 0 radical (unpaired) electrons. The van der Waals surface area contributed by atoms with Crippen molar-refractivity contribution in [2.75, 3.05) is 6.61 Å². The number of ether oxygens (including phenoxy) is 1. The Balaban J connectivity index is 2.20. The van der Waals surface area contributed by atoms with Gasteiger partial charge in [0.15, 0.2) is 5.65 Å². The van der Waals surface area contributed by atoms with Crippen molar-refractivity contribution in [3.05, 3.63) is 51.4 Å². The summed E-state index contributed by atoms with van der Waals surface area (Å²) in [7, 11) is 0. The summed E-state index contributed by atoms with van der Waals surface area (Å²) in [6.07, 6.45) is 1.35. The number of nitrogens with one attached hydrogen (secondary N) is 1. The maximum Gasteiger partial charge on any atom is 0.273 e. The molecule has 23 heavy (non-hydrogen) atoms. The molecular formula is C15H13ClN4O3. The zero-order valence-electron chi connectivity index (χ0n) is 12.2. The highest BCUT2D eigenvalue weighted by molar-refractivity contribution is 6.32. The molecule has 0 aliphatic rings. The number of primary amides is 1. The van der Waals surface area contributed by atoms with E-state index in [1.165, 1.54) is 12.3 Å². The topological polar surface area (TPSA) is 102 Å². The fourth-order valence-electron chi connectivity index (χ4n) is 2.24. The molecule has 2 heterocycles. The zero-order valence-corrected chi connectivity index (χ0v) is 12.9. The van der Waals surface area contributed by atoms with Crippen LogP contribution in [0, 0.1) is 0 Å². The maximum atomic E-state index is 12.2. The summed E-state index contributed by atoms with van der Waals surface area (Å²) in [4.78, 5) is 27.9. The van der Waals surface area contributed by atoms with Gasteiger partial charge in [0, 0.05) is 17.8 Å². The van der Waals surface area contributed by atoms with E-state index in [9.17, 15) is 9.59 Å². The third-order valence-electron chi connectivity index (χ3n) is 3.29. The van der Waals surface area contributed by atoms with E-state index >= 15 is 0 Å². The van der Waals surface area contributed by atoms with Gasteiger partial charge in [-0.25, -0.2) is 9.50 Å². The molecule has 0 spiro atoms. The van der Waals surface area contributed by atoms with Gasteiger partial charge in [0.2, 0.25) is 0 Å². The summed E-state index contributed by atoms with van der Waals surface area (Å²) in [5.41, 5.74) is 6.30. The molecular weight excluding hydrogens is 320 g/mol. The van der Waals surface area contributed by atoms with Gasteiger partial charge in [0.05, 0.1) is 17.3 Å². The van der Waals surface area contributed by atoms with Crippen molar-refractivity contribution < 1.29 is 9.53 Å². The number of aromatic amines is 1. The van der Waals surface area contributed by atoms with Gasteiger partial charge in [-0.2, -0.15) is 0 Å². The number of amides is 1. The molecule has 0 saturated heterocycles. The van der Waals surface area contributed by atoms with E-state index in [4.69, 9.17) is 22.1 Å². The number of nitrogens with zero attached hydrogens (tertiary/aromatic N) is 2. The van der Waals surface area contributed by atoms with Gasteiger partial charge < -0.3 is 10.5 Å². The van der Waals surface area contributed by atoms with Gasteiger partial charge in [0.1, 0.15) is 11.3 Å². The van der Waals surface area contributed by atoms with Crippen molar-refractivity contribution in [3.63, 3.8) is 0 Å². The Hall–Kier alpha value is -2.80. The van der Waals surface area contributed by atoms with Gasteiger partial charge >= 0.3 is 0 Å². The molecule has 0 fully saturated rings. The maximum absolute atomic E-state index is 12.2. The van der Waals surface area contributed by atoms with Crippen LogP contribution in [0.3, 0.4) is 0 Å². The Morgan fingerprint density at radius 2 is 2.22 bits per heavy atom. The SMILES string of the molecule is CCOc1cc(-c2cc(=O)n3[nH]cc(C(N)=O)c3n2)ccc1Cl. The summed E-state index contributed by atoms with van der Waals surface area (Å²) >= 11 is 6.06. The minimum atomic E-state index is -0.668. The number of carbonyl (C=O) groups excluding carboxylic acids is 1. The number of halogens is 1. The molecule has 2 aromatic heterocycles. The number of carbonyl (C=O) groups is 1. The zero-order chi connectivity index (χ0) is 16.6. The van der Waals surface area contributed by atoms with E-state index in [0.29, 0.717) is 28.6 Å². The molecule has 1 amide bonds. The Bertz CT molecular complexity index is 961. The van der Waals surface area contributed by atoms with E-state index in [2.05, 4.69) is 10.1 Å². The van der Waals surface area contributed by atoms with Crippen molar-refractivity contribution in [3.8, 4) is 17.0 Å². The van der Waals surface area contributed by atoms with Gasteiger partial charge in [-0.3, -0.25) is 14.7 Å². The number of nitrogens with two attached hydrogens (primary N) is 1. The summed E-state index contributed by atoms with van der Waals surface area (Å²) in [5, 5.41) is 3.12. The van der Waals surface area contributed by atoms with E-state index in [1.54, 1.807) is 18.2 Å². The highest BCUT2D eigenvalue weighted by atomic mass is 35.5. The van der Waals surface area contributed by atoms with Crippen molar-refractivity contribution in [1.82, 2.24) is 14.6 Å². The Kier molecular flexibility index (Phi) is 3.79. The lowest BCUT2D eigenvalue weighted by molar-refractivity contribution is 0.100. The van der Waals surface area contributed by atoms with Gasteiger partial charge in [-0.1, -0.05) is 17.7 Å². The smallest absolute Gasteiger partial charge is 0.273 e. The second-order valence-corrected chi connectivity index (χ2v) is 5.18. The van der Waals surface area contributed by atoms with Crippen LogP contribution in [-0.4, -0.2) is 27.1 Å². The predicted molar refractivity (Wildman–Crippen MR) is 85.9 cm³/mol. The first-order valence-electron chi connectivity index (χ1n) is 6.85. The van der Waals surface area contributed by atoms with E-state index in [1.807, 2.05) is 6.92 Å². The molecule has 3 aromatic rings. The molecule has 7 nitrogen and oxygen atoms in total. The molecule has 3 N–H and O–H groups in total. The minimum Gasteiger partial charge on any atom is -0.492 e. The average Bonchev–Trinajstić information content (AvgIpc) is 2.94. The lowest BCUT2D eigenvalue weighted by Crippen LogP contribution is -2.16. The van der Waals surface area contributed by atoms with Gasteiger partial charge in [-0.15, -0.1) is 0 Å². The summed E-state index contributed by atoms with van der Waals surface area (Å²) in [5.74, 6) is -0.170. The number of hydrogen-bond acceptors (Lipinski definition) is 4. The lowest BCUT2D eigenvalue weighted by Gasteiger charge is -2.08. The Morgan fingerprint density at radius 3 is 2.91 bits per heavy atom. The highest BCUT2D eigenvalue weighted by Crippen LogP contribution is 2.29. The predicted octanol–water partition coefficient (Wildman–Crippen LogP) is 1.84. The number of rotatable bonds is 4. The fourth-order valence-corrected chi connectivity index (χ4v) is 2.41. The quantitative estimate of drug-likeness (QED) is 0.760. The molecule has 8 heteroatoms. The number of H-pyrrole nitrogens is 1. The van der Waals surface area contributed by atoms with E-state index in [-0.39, 0.29) is 16.8 Å². The number of fused-ring (bicyclic) bond motifs is 1. The molecule has 118 valence electrons. The second kappa shape index (κ2) is 5.77. The van der Waals surface area contributed by atoms with Crippen LogP contribution < -0.4 is 16.0 Å². The standard InChI is InChI=1S/C15H13ClN4O3/c1-2-23-12-5-8(3-4-10(12)16)11-6-13(21)20-15(19-11)9(7-18-20)14(17)22/h3-7,18H,2H2,1H3,(H2,17,22). The first-order valence-corrected chi connectivity index (χ1v) is 7.22. The summed E-state index contributed by atoms with van der Waals surface area (Å²) in [6, 6.07) is 6.44. The van der Waals surface area contributed by atoms with Crippen LogP contribution >= 0.6 is 11.6 Å². The minimum absolute atomic E-state index is 0.142. The van der Waals surface area contributed by atoms with Crippen LogP contribution in [-0.2, 0) is 0 Å². The monoisotopic (exact) mass is 332 g/mol. The lowest BCUT2D eigenvalue weighted by atomic mass is 10.1. The largest absolute Gasteiger partial charge is 0.492 e. The van der Waals surface area contributed by atoms with Crippen molar-refractivity contribution in [2.45, 2.75) is 6.92 Å². The molecule has 0 aliphatic heterocycles. The van der Waals surface area contributed by atoms with Crippen molar-refractivity contribution in [1.29, 1.82) is 0 Å². The van der Waals surface area contributed by atoms with Gasteiger partial charge in [-0.05, 0) is 19.1 Å². The average molecular weight is 333 g/mol. The molecule has 0 bridgehead atoms. The van der Waals surface area contributed by atoms with E-state index < -0.39 is 5.91 Å². The molecule has 1 aromatic carbocycles. The molecule has 0 unspecified atom stereocenters. The van der Waals surface area contributed by atoms with Crippen LogP contribution in [0.2, 0.25) is 5.02 Å². The van der Waals surface area contributed by atoms with Crippen molar-refractivity contribution in [2.24, 2.45) is 5.73 Å². The third-order valence-corrected chi connectivity index (χ3v) is 3.60. The third kappa shape index (κ3) is 2.66. The van der Waals surface area contributed by atoms with Crippen LogP contribution in [0.15, 0.2) is 35.3 Å². The van der Waals surface area contributed by atoms with Crippen LogP contribution in [0.25, 0.3) is 16.9 Å². The molecule has 0 atom stereocenters. The first kappa shape index (κ1) is 15.1.